The number of rotatable bonds is 4. The summed E-state index contributed by atoms with van der Waals surface area (Å²) in [6, 6.07) is 0.172. The largest absolute Gasteiger partial charge is 0.328 e. The molecule has 0 aliphatic heterocycles. The molecule has 0 radical (unpaired) electrons. The lowest BCUT2D eigenvalue weighted by atomic mass is 9.86. The van der Waals surface area contributed by atoms with Gasteiger partial charge in [0.2, 0.25) is 0 Å². The molecule has 1 aromatic heterocycles. The van der Waals surface area contributed by atoms with Crippen LogP contribution in [0.3, 0.4) is 0 Å². The number of halogens is 1. The average Bonchev–Trinajstić information content (AvgIpc) is 2.38. The molecule has 0 bridgehead atoms. The molecular formula is C12H22ClN3. The van der Waals surface area contributed by atoms with Gasteiger partial charge in [-0.1, -0.05) is 25.4 Å². The molecule has 2 N–H and O–H groups in total. The van der Waals surface area contributed by atoms with Gasteiger partial charge in [0.05, 0.1) is 16.4 Å². The van der Waals surface area contributed by atoms with Crippen LogP contribution in [-0.2, 0) is 13.5 Å². The van der Waals surface area contributed by atoms with Crippen LogP contribution in [0.25, 0.3) is 0 Å². The molecule has 0 amide bonds. The van der Waals surface area contributed by atoms with Crippen molar-refractivity contribution >= 4 is 11.6 Å². The molecule has 0 aliphatic rings. The Kier molecular flexibility index (Phi) is 4.39. The maximum atomic E-state index is 6.24. The lowest BCUT2D eigenvalue weighted by Gasteiger charge is -2.24. The van der Waals surface area contributed by atoms with Crippen LogP contribution in [0.5, 0.6) is 0 Å². The van der Waals surface area contributed by atoms with Gasteiger partial charge in [-0.2, -0.15) is 5.10 Å². The first-order valence-corrected chi connectivity index (χ1v) is 6.16. The Bertz CT molecular complexity index is 347. The molecule has 0 saturated carbocycles. The van der Waals surface area contributed by atoms with Gasteiger partial charge in [0.25, 0.3) is 0 Å². The highest BCUT2D eigenvalue weighted by molar-refractivity contribution is 6.31. The van der Waals surface area contributed by atoms with E-state index in [0.29, 0.717) is 11.8 Å². The minimum Gasteiger partial charge on any atom is -0.328 e. The molecule has 0 aliphatic carbocycles. The van der Waals surface area contributed by atoms with Crippen LogP contribution in [0.1, 0.15) is 32.2 Å². The summed E-state index contributed by atoms with van der Waals surface area (Å²) >= 11 is 6.24. The molecule has 1 rings (SSSR count). The quantitative estimate of drug-likeness (QED) is 0.883. The summed E-state index contributed by atoms with van der Waals surface area (Å²) in [7, 11) is 1.94. The van der Waals surface area contributed by atoms with Crippen molar-refractivity contribution in [3.8, 4) is 0 Å². The molecule has 16 heavy (non-hydrogen) atoms. The van der Waals surface area contributed by atoms with Gasteiger partial charge in [0.15, 0.2) is 0 Å². The van der Waals surface area contributed by atoms with E-state index < -0.39 is 0 Å². The minimum absolute atomic E-state index is 0.172. The number of hydrogen-bond acceptors (Lipinski definition) is 2. The van der Waals surface area contributed by atoms with Crippen LogP contribution in [-0.4, -0.2) is 15.8 Å². The highest BCUT2D eigenvalue weighted by atomic mass is 35.5. The van der Waals surface area contributed by atoms with Crippen LogP contribution < -0.4 is 5.73 Å². The van der Waals surface area contributed by atoms with Gasteiger partial charge in [-0.05, 0) is 32.1 Å². The Morgan fingerprint density at radius 2 is 1.94 bits per heavy atom. The fourth-order valence-corrected chi connectivity index (χ4v) is 2.39. The van der Waals surface area contributed by atoms with Gasteiger partial charge in [0.1, 0.15) is 0 Å². The molecule has 1 aromatic rings. The second-order valence-electron chi connectivity index (χ2n) is 4.94. The van der Waals surface area contributed by atoms with E-state index >= 15 is 0 Å². The van der Waals surface area contributed by atoms with E-state index in [9.17, 15) is 0 Å². The van der Waals surface area contributed by atoms with Crippen LogP contribution >= 0.6 is 11.6 Å². The van der Waals surface area contributed by atoms with E-state index in [4.69, 9.17) is 17.3 Å². The summed E-state index contributed by atoms with van der Waals surface area (Å²) in [6.07, 6.45) is 0.894. The van der Waals surface area contributed by atoms with Gasteiger partial charge >= 0.3 is 0 Å². The zero-order chi connectivity index (χ0) is 12.5. The molecule has 0 spiro atoms. The van der Waals surface area contributed by atoms with Crippen molar-refractivity contribution in [1.82, 2.24) is 9.78 Å². The van der Waals surface area contributed by atoms with Crippen molar-refractivity contribution in [2.75, 3.05) is 0 Å². The van der Waals surface area contributed by atoms with Crippen LogP contribution in [0.15, 0.2) is 0 Å². The van der Waals surface area contributed by atoms with E-state index in [1.165, 1.54) is 0 Å². The number of aromatic nitrogens is 2. The van der Waals surface area contributed by atoms with E-state index in [1.807, 2.05) is 18.7 Å². The topological polar surface area (TPSA) is 43.8 Å². The van der Waals surface area contributed by atoms with Crippen LogP contribution in [0.2, 0.25) is 5.02 Å². The van der Waals surface area contributed by atoms with Crippen LogP contribution in [0, 0.1) is 18.8 Å². The van der Waals surface area contributed by atoms with Gasteiger partial charge in [-0.15, -0.1) is 0 Å². The fourth-order valence-electron chi connectivity index (χ4n) is 2.15. The Hall–Kier alpha value is -0.540. The predicted octanol–water partition coefficient (Wildman–Crippen LogP) is 2.54. The smallest absolute Gasteiger partial charge is 0.0847 e. The second-order valence-corrected chi connectivity index (χ2v) is 5.32. The van der Waals surface area contributed by atoms with E-state index in [-0.39, 0.29) is 6.04 Å². The number of aryl methyl sites for hydroxylation is 2. The normalized spacial score (nSPS) is 15.5. The predicted molar refractivity (Wildman–Crippen MR) is 68.6 cm³/mol. The van der Waals surface area contributed by atoms with Crippen molar-refractivity contribution in [1.29, 1.82) is 0 Å². The number of nitrogens with two attached hydrogens (primary N) is 1. The molecule has 0 fully saturated rings. The van der Waals surface area contributed by atoms with Gasteiger partial charge in [0, 0.05) is 13.1 Å². The van der Waals surface area contributed by atoms with Crippen LogP contribution in [0.4, 0.5) is 0 Å². The molecule has 1 heterocycles. The first kappa shape index (κ1) is 13.5. The van der Waals surface area contributed by atoms with Gasteiger partial charge in [-0.3, -0.25) is 4.68 Å². The highest BCUT2D eigenvalue weighted by Crippen LogP contribution is 2.26. The molecule has 2 atom stereocenters. The lowest BCUT2D eigenvalue weighted by Crippen LogP contribution is -2.32. The first-order valence-electron chi connectivity index (χ1n) is 5.78. The summed E-state index contributed by atoms with van der Waals surface area (Å²) in [6.45, 7) is 8.39. The van der Waals surface area contributed by atoms with Crippen molar-refractivity contribution in [3.63, 3.8) is 0 Å². The summed E-state index contributed by atoms with van der Waals surface area (Å²) in [5.41, 5.74) is 8.01. The van der Waals surface area contributed by atoms with Crippen molar-refractivity contribution in [2.24, 2.45) is 24.6 Å². The Balaban J connectivity index is 2.93. The molecule has 2 unspecified atom stereocenters. The highest BCUT2D eigenvalue weighted by Gasteiger charge is 2.22. The molecular weight excluding hydrogens is 222 g/mol. The average molecular weight is 244 g/mol. The van der Waals surface area contributed by atoms with Gasteiger partial charge in [-0.25, -0.2) is 0 Å². The third-order valence-electron chi connectivity index (χ3n) is 3.22. The molecule has 0 aromatic carbocycles. The summed E-state index contributed by atoms with van der Waals surface area (Å²) in [5.74, 6) is 0.985. The third kappa shape index (κ3) is 2.77. The maximum Gasteiger partial charge on any atom is 0.0847 e. The van der Waals surface area contributed by atoms with E-state index in [2.05, 4.69) is 25.9 Å². The number of hydrogen-bond donors (Lipinski definition) is 1. The monoisotopic (exact) mass is 243 g/mol. The minimum atomic E-state index is 0.172. The standard InChI is InChI=1S/C12H22ClN3/c1-7(2)10(8(3)14)6-11-12(13)9(4)15-16(11)5/h7-8,10H,6,14H2,1-5H3. The van der Waals surface area contributed by atoms with E-state index in [1.54, 1.807) is 0 Å². The zero-order valence-corrected chi connectivity index (χ0v) is 11.5. The van der Waals surface area contributed by atoms with Gasteiger partial charge < -0.3 is 5.73 Å². The third-order valence-corrected chi connectivity index (χ3v) is 3.71. The molecule has 0 saturated heterocycles. The Morgan fingerprint density at radius 1 is 1.38 bits per heavy atom. The fraction of sp³-hybridized carbons (Fsp3) is 0.750. The summed E-state index contributed by atoms with van der Waals surface area (Å²) in [5, 5.41) is 5.11. The molecule has 4 heteroatoms. The number of nitrogens with zero attached hydrogens (tertiary/aromatic N) is 2. The van der Waals surface area contributed by atoms with Crippen molar-refractivity contribution < 1.29 is 0 Å². The molecule has 92 valence electrons. The Labute approximate surface area is 103 Å². The summed E-state index contributed by atoms with van der Waals surface area (Å²) < 4.78 is 1.87. The van der Waals surface area contributed by atoms with Crippen molar-refractivity contribution in [3.05, 3.63) is 16.4 Å². The second kappa shape index (κ2) is 5.19. The van der Waals surface area contributed by atoms with E-state index in [0.717, 1.165) is 22.8 Å². The first-order chi connectivity index (χ1) is 7.34. The maximum absolute atomic E-state index is 6.24. The molecule has 3 nitrogen and oxygen atoms in total. The Morgan fingerprint density at radius 3 is 2.25 bits per heavy atom. The lowest BCUT2D eigenvalue weighted by molar-refractivity contribution is 0.324. The van der Waals surface area contributed by atoms with Crippen molar-refractivity contribution in [2.45, 2.75) is 40.2 Å². The SMILES string of the molecule is Cc1nn(C)c(CC(C(C)C)C(C)N)c1Cl. The summed E-state index contributed by atoms with van der Waals surface area (Å²) in [4.78, 5) is 0. The zero-order valence-electron chi connectivity index (χ0n) is 10.8.